The van der Waals surface area contributed by atoms with Gasteiger partial charge in [-0.15, -0.1) is 0 Å². The van der Waals surface area contributed by atoms with Gasteiger partial charge in [0.15, 0.2) is 0 Å². The number of hydrogen-bond acceptors (Lipinski definition) is 4. The molecule has 10 heteroatoms. The second-order valence-electron chi connectivity index (χ2n) is 7.99. The lowest BCUT2D eigenvalue weighted by Crippen LogP contribution is -2.40. The molecule has 184 valence electrons. The second kappa shape index (κ2) is 10.3. The van der Waals surface area contributed by atoms with E-state index >= 15 is 0 Å². The van der Waals surface area contributed by atoms with Crippen molar-refractivity contribution >= 4 is 27.8 Å². The Morgan fingerprint density at radius 2 is 1.60 bits per heavy atom. The van der Waals surface area contributed by atoms with Crippen molar-refractivity contribution < 1.29 is 26.4 Å². The minimum Gasteiger partial charge on any atom is -0.271 e. The highest BCUT2D eigenvalue weighted by molar-refractivity contribution is 7.92. The van der Waals surface area contributed by atoms with E-state index in [-0.39, 0.29) is 10.5 Å². The van der Waals surface area contributed by atoms with Gasteiger partial charge in [0.25, 0.3) is 15.9 Å². The maximum atomic E-state index is 13.4. The maximum Gasteiger partial charge on any atom is 0.417 e. The molecule has 6 nitrogen and oxygen atoms in total. The van der Waals surface area contributed by atoms with Crippen molar-refractivity contribution in [2.24, 2.45) is 5.10 Å². The van der Waals surface area contributed by atoms with E-state index < -0.39 is 34.2 Å². The Labute approximate surface area is 202 Å². The third kappa shape index (κ3) is 6.27. The summed E-state index contributed by atoms with van der Waals surface area (Å²) in [7, 11) is -4.13. The first kappa shape index (κ1) is 26.0. The molecule has 0 aliphatic heterocycles. The zero-order valence-electron chi connectivity index (χ0n) is 19.3. The van der Waals surface area contributed by atoms with Crippen LogP contribution in [0.1, 0.15) is 27.8 Å². The molecule has 0 saturated carbocycles. The van der Waals surface area contributed by atoms with Gasteiger partial charge in [0, 0.05) is 5.56 Å². The number of amides is 1. The van der Waals surface area contributed by atoms with Crippen LogP contribution in [0.4, 0.5) is 18.9 Å². The van der Waals surface area contributed by atoms with E-state index in [1.807, 2.05) is 13.8 Å². The number of rotatable bonds is 7. The number of hydrazone groups is 1. The molecule has 0 spiro atoms. The van der Waals surface area contributed by atoms with Crippen LogP contribution in [0.2, 0.25) is 0 Å². The average Bonchev–Trinajstić information content (AvgIpc) is 2.78. The molecular formula is C25H24F3N3O3S. The summed E-state index contributed by atoms with van der Waals surface area (Å²) in [4.78, 5) is 12.7. The molecule has 0 aliphatic rings. The lowest BCUT2D eigenvalue weighted by molar-refractivity contribution is -0.137. The fraction of sp³-hybridized carbons (Fsp3) is 0.200. The van der Waals surface area contributed by atoms with E-state index in [0.717, 1.165) is 27.7 Å². The lowest BCUT2D eigenvalue weighted by atomic mass is 10.1. The van der Waals surface area contributed by atoms with Gasteiger partial charge in [-0.25, -0.2) is 13.8 Å². The number of hydrogen-bond donors (Lipinski definition) is 1. The highest BCUT2D eigenvalue weighted by atomic mass is 32.2. The van der Waals surface area contributed by atoms with Crippen LogP contribution in [0.3, 0.4) is 0 Å². The zero-order valence-corrected chi connectivity index (χ0v) is 20.1. The minimum absolute atomic E-state index is 0.00141. The van der Waals surface area contributed by atoms with Crippen LogP contribution in [0, 0.1) is 20.8 Å². The van der Waals surface area contributed by atoms with Crippen molar-refractivity contribution in [1.82, 2.24) is 5.43 Å². The molecular weight excluding hydrogens is 479 g/mol. The molecule has 0 heterocycles. The number of aryl methyl sites for hydroxylation is 3. The summed E-state index contributed by atoms with van der Waals surface area (Å²) in [5.74, 6) is -0.818. The van der Waals surface area contributed by atoms with Crippen LogP contribution in [0.15, 0.2) is 76.7 Å². The number of carbonyl (C=O) groups excluding carboxylic acids is 1. The summed E-state index contributed by atoms with van der Waals surface area (Å²) in [5.41, 5.74) is 3.71. The predicted molar refractivity (Wildman–Crippen MR) is 129 cm³/mol. The van der Waals surface area contributed by atoms with Crippen LogP contribution in [0.5, 0.6) is 0 Å². The number of halogens is 3. The first-order valence-electron chi connectivity index (χ1n) is 10.5. The smallest absolute Gasteiger partial charge is 0.271 e. The Morgan fingerprint density at radius 1 is 0.971 bits per heavy atom. The van der Waals surface area contributed by atoms with Gasteiger partial charge in [0.2, 0.25) is 0 Å². The number of sulfonamides is 1. The predicted octanol–water partition coefficient (Wildman–Crippen LogP) is 4.98. The molecule has 0 atom stereocenters. The van der Waals surface area contributed by atoms with Crippen LogP contribution in [-0.2, 0) is 21.0 Å². The molecule has 0 aliphatic carbocycles. The van der Waals surface area contributed by atoms with Gasteiger partial charge in [0.05, 0.1) is 22.4 Å². The minimum atomic E-state index is -4.59. The van der Waals surface area contributed by atoms with Crippen LogP contribution in [-0.4, -0.2) is 27.1 Å². The van der Waals surface area contributed by atoms with Crippen molar-refractivity contribution in [3.8, 4) is 0 Å². The Balaban J connectivity index is 1.89. The third-order valence-corrected chi connectivity index (χ3v) is 6.95. The number of benzene rings is 3. The number of nitrogens with one attached hydrogen (secondary N) is 1. The molecule has 35 heavy (non-hydrogen) atoms. The number of alkyl halides is 3. The largest absolute Gasteiger partial charge is 0.417 e. The van der Waals surface area contributed by atoms with Gasteiger partial charge in [-0.2, -0.15) is 18.3 Å². The molecule has 0 saturated heterocycles. The van der Waals surface area contributed by atoms with E-state index in [1.165, 1.54) is 30.3 Å². The second-order valence-corrected chi connectivity index (χ2v) is 9.86. The van der Waals surface area contributed by atoms with Crippen molar-refractivity contribution in [3.05, 3.63) is 94.5 Å². The Bertz CT molecular complexity index is 1350. The van der Waals surface area contributed by atoms with E-state index in [9.17, 15) is 26.4 Å². The molecule has 0 radical (unpaired) electrons. The molecule has 3 rings (SSSR count). The Hall–Kier alpha value is -3.66. The number of anilines is 1. The third-order valence-electron chi connectivity index (χ3n) is 5.18. The Morgan fingerprint density at radius 3 is 2.23 bits per heavy atom. The molecule has 0 bridgehead atoms. The standard InChI is InChI=1S/C25H24F3N3O3S/c1-17-8-11-21(12-9-17)35(33,34)31(23-13-10-18(2)14-19(23)3)16-24(32)30-29-15-20-6-4-5-7-22(20)25(26,27)28/h4-15H,16H2,1-3H3,(H,30,32)/b29-15-. The SMILES string of the molecule is Cc1ccc(S(=O)(=O)N(CC(=O)N/N=C\c2ccccc2C(F)(F)F)c2ccc(C)cc2C)cc1. The highest BCUT2D eigenvalue weighted by Crippen LogP contribution is 2.31. The summed E-state index contributed by atoms with van der Waals surface area (Å²) in [6.07, 6.45) is -3.72. The van der Waals surface area contributed by atoms with Crippen LogP contribution < -0.4 is 9.73 Å². The molecule has 3 aromatic rings. The Kier molecular flexibility index (Phi) is 7.64. The average molecular weight is 504 g/mol. The molecule has 3 aromatic carbocycles. The monoisotopic (exact) mass is 503 g/mol. The van der Waals surface area contributed by atoms with Gasteiger partial charge in [-0.3, -0.25) is 9.10 Å². The van der Waals surface area contributed by atoms with Crippen LogP contribution >= 0.6 is 0 Å². The van der Waals surface area contributed by atoms with E-state index in [0.29, 0.717) is 11.3 Å². The van der Waals surface area contributed by atoms with Gasteiger partial charge < -0.3 is 0 Å². The molecule has 1 N–H and O–H groups in total. The number of carbonyl (C=O) groups is 1. The molecule has 1 amide bonds. The summed E-state index contributed by atoms with van der Waals surface area (Å²) in [5, 5.41) is 3.62. The van der Waals surface area contributed by atoms with Crippen molar-refractivity contribution in [3.63, 3.8) is 0 Å². The fourth-order valence-electron chi connectivity index (χ4n) is 3.43. The maximum absolute atomic E-state index is 13.4. The zero-order chi connectivity index (χ0) is 25.8. The van der Waals surface area contributed by atoms with Gasteiger partial charge in [0.1, 0.15) is 6.54 Å². The van der Waals surface area contributed by atoms with Crippen molar-refractivity contribution in [2.75, 3.05) is 10.8 Å². The quantitative estimate of drug-likeness (QED) is 0.365. The lowest BCUT2D eigenvalue weighted by Gasteiger charge is -2.25. The van der Waals surface area contributed by atoms with Gasteiger partial charge >= 0.3 is 6.18 Å². The summed E-state index contributed by atoms with van der Waals surface area (Å²) >= 11 is 0. The highest BCUT2D eigenvalue weighted by Gasteiger charge is 2.32. The molecule has 0 unspecified atom stereocenters. The normalized spacial score (nSPS) is 12.1. The first-order valence-corrected chi connectivity index (χ1v) is 12.0. The summed E-state index contributed by atoms with van der Waals surface area (Å²) in [6, 6.07) is 16.1. The van der Waals surface area contributed by atoms with Gasteiger partial charge in [-0.05, 0) is 50.6 Å². The van der Waals surface area contributed by atoms with E-state index in [1.54, 1.807) is 37.3 Å². The fourth-order valence-corrected chi connectivity index (χ4v) is 4.92. The van der Waals surface area contributed by atoms with Crippen molar-refractivity contribution in [2.45, 2.75) is 31.8 Å². The molecule has 0 aromatic heterocycles. The first-order chi connectivity index (χ1) is 16.4. The van der Waals surface area contributed by atoms with Crippen molar-refractivity contribution in [1.29, 1.82) is 0 Å². The van der Waals surface area contributed by atoms with Gasteiger partial charge in [-0.1, -0.05) is 53.6 Å². The van der Waals surface area contributed by atoms with E-state index in [2.05, 4.69) is 10.5 Å². The topological polar surface area (TPSA) is 78.8 Å². The summed E-state index contributed by atoms with van der Waals surface area (Å²) in [6.45, 7) is 4.78. The van der Waals surface area contributed by atoms with Crippen LogP contribution in [0.25, 0.3) is 0 Å². The summed E-state index contributed by atoms with van der Waals surface area (Å²) < 4.78 is 67.3. The molecule has 0 fully saturated rings. The number of nitrogens with zero attached hydrogens (tertiary/aromatic N) is 2. The van der Waals surface area contributed by atoms with E-state index in [4.69, 9.17) is 0 Å².